The molecule has 37 heavy (non-hydrogen) atoms. The van der Waals surface area contributed by atoms with Gasteiger partial charge in [-0.2, -0.15) is 0 Å². The molecule has 11 heteroatoms. The van der Waals surface area contributed by atoms with Crippen molar-refractivity contribution in [2.24, 2.45) is 0 Å². The van der Waals surface area contributed by atoms with Gasteiger partial charge in [-0.1, -0.05) is 24.3 Å². The third-order valence-corrected chi connectivity index (χ3v) is 6.90. The second-order valence-corrected chi connectivity index (χ2v) is 9.15. The Morgan fingerprint density at radius 3 is 2.54 bits per heavy atom. The maximum absolute atomic E-state index is 13.8. The fourth-order valence-electron chi connectivity index (χ4n) is 4.90. The number of carbonyl (C=O) groups excluding carboxylic acids is 3. The standard InChI is InChI=1S/C26H30N4O7/c1-18-6-3-4-9-21(18)25(33)29-22(23(31)27-12-15-36-2)17-37-26(29)10-13-28(14-11-26)24(32)19-7-5-8-20(16-19)30(34)35/h3-9,16,22H,10-15,17H2,1-2H3,(H,27,31)/t22-/m1/s1. The Balaban J connectivity index is 1.56. The molecule has 196 valence electrons. The van der Waals surface area contributed by atoms with Crippen molar-refractivity contribution in [2.75, 3.05) is 40.0 Å². The number of ether oxygens (including phenoxy) is 2. The van der Waals surface area contributed by atoms with Crippen LogP contribution >= 0.6 is 0 Å². The molecular weight excluding hydrogens is 480 g/mol. The number of non-ortho nitro benzene ring substituents is 1. The average Bonchev–Trinajstić information content (AvgIpc) is 3.27. The molecule has 2 saturated heterocycles. The van der Waals surface area contributed by atoms with E-state index in [2.05, 4.69) is 5.32 Å². The van der Waals surface area contributed by atoms with Gasteiger partial charge in [0, 0.05) is 62.8 Å². The van der Waals surface area contributed by atoms with Gasteiger partial charge in [0.25, 0.3) is 17.5 Å². The number of nitrogens with zero attached hydrogens (tertiary/aromatic N) is 3. The summed E-state index contributed by atoms with van der Waals surface area (Å²) in [6.45, 7) is 3.04. The van der Waals surface area contributed by atoms with Crippen molar-refractivity contribution in [3.05, 3.63) is 75.3 Å². The highest BCUT2D eigenvalue weighted by atomic mass is 16.6. The summed E-state index contributed by atoms with van der Waals surface area (Å²) in [7, 11) is 1.54. The predicted octanol–water partition coefficient (Wildman–Crippen LogP) is 2.14. The van der Waals surface area contributed by atoms with Crippen LogP contribution in [0.5, 0.6) is 0 Å². The molecule has 1 atom stereocenters. The van der Waals surface area contributed by atoms with E-state index in [-0.39, 0.29) is 48.7 Å². The van der Waals surface area contributed by atoms with Gasteiger partial charge in [-0.3, -0.25) is 29.4 Å². The average molecular weight is 511 g/mol. The molecule has 2 fully saturated rings. The van der Waals surface area contributed by atoms with Crippen LogP contribution in [0.3, 0.4) is 0 Å². The third-order valence-electron chi connectivity index (χ3n) is 6.90. The highest BCUT2D eigenvalue weighted by molar-refractivity contribution is 5.99. The minimum absolute atomic E-state index is 0.0370. The van der Waals surface area contributed by atoms with Gasteiger partial charge in [-0.15, -0.1) is 0 Å². The molecule has 2 heterocycles. The van der Waals surface area contributed by atoms with Crippen molar-refractivity contribution in [1.82, 2.24) is 15.1 Å². The lowest BCUT2D eigenvalue weighted by Crippen LogP contribution is -2.60. The summed E-state index contributed by atoms with van der Waals surface area (Å²) in [5.74, 6) is -0.964. The first-order valence-corrected chi connectivity index (χ1v) is 12.1. The first-order valence-electron chi connectivity index (χ1n) is 12.1. The zero-order chi connectivity index (χ0) is 26.6. The van der Waals surface area contributed by atoms with E-state index in [9.17, 15) is 24.5 Å². The Kier molecular flexibility index (Phi) is 7.84. The number of nitrogens with one attached hydrogen (secondary N) is 1. The lowest BCUT2D eigenvalue weighted by molar-refractivity contribution is -0.384. The van der Waals surface area contributed by atoms with Crippen LogP contribution in [0.15, 0.2) is 48.5 Å². The molecule has 0 unspecified atom stereocenters. The van der Waals surface area contributed by atoms with Gasteiger partial charge in [0.1, 0.15) is 11.8 Å². The Bertz CT molecular complexity index is 1190. The summed E-state index contributed by atoms with van der Waals surface area (Å²) in [5.41, 5.74) is 0.280. The van der Waals surface area contributed by atoms with Gasteiger partial charge < -0.3 is 19.7 Å². The number of likely N-dealkylation sites (tertiary alicyclic amines) is 1. The Morgan fingerprint density at radius 2 is 1.86 bits per heavy atom. The van der Waals surface area contributed by atoms with Crippen LogP contribution in [0, 0.1) is 17.0 Å². The van der Waals surface area contributed by atoms with E-state index in [1.54, 1.807) is 23.1 Å². The number of amides is 3. The van der Waals surface area contributed by atoms with Gasteiger partial charge in [-0.25, -0.2) is 0 Å². The third kappa shape index (κ3) is 5.32. The van der Waals surface area contributed by atoms with Crippen LogP contribution in [-0.4, -0.2) is 84.2 Å². The maximum atomic E-state index is 13.8. The van der Waals surface area contributed by atoms with Gasteiger partial charge in [0.2, 0.25) is 5.91 Å². The van der Waals surface area contributed by atoms with Crippen LogP contribution in [0.25, 0.3) is 0 Å². The molecule has 1 N–H and O–H groups in total. The molecule has 0 radical (unpaired) electrons. The number of benzene rings is 2. The molecule has 4 rings (SSSR count). The first-order chi connectivity index (χ1) is 17.8. The number of hydrogen-bond acceptors (Lipinski definition) is 7. The van der Waals surface area contributed by atoms with Gasteiger partial charge >= 0.3 is 0 Å². The quantitative estimate of drug-likeness (QED) is 0.343. The summed E-state index contributed by atoms with van der Waals surface area (Å²) in [4.78, 5) is 53.7. The van der Waals surface area contributed by atoms with Crippen molar-refractivity contribution in [2.45, 2.75) is 31.5 Å². The van der Waals surface area contributed by atoms with E-state index in [1.165, 1.54) is 30.2 Å². The molecule has 1 spiro atoms. The molecule has 0 bridgehead atoms. The van der Waals surface area contributed by atoms with Crippen LogP contribution in [-0.2, 0) is 14.3 Å². The number of rotatable bonds is 7. The SMILES string of the molecule is COCCNC(=O)[C@H]1COC2(CCN(C(=O)c3cccc([N+](=O)[O-])c3)CC2)N1C(=O)c1ccccc1C. The lowest BCUT2D eigenvalue weighted by Gasteiger charge is -2.44. The number of nitro groups is 1. The van der Waals surface area contributed by atoms with Crippen LogP contribution < -0.4 is 5.32 Å². The van der Waals surface area contributed by atoms with E-state index in [4.69, 9.17) is 9.47 Å². The Morgan fingerprint density at radius 1 is 1.14 bits per heavy atom. The van der Waals surface area contributed by atoms with Crippen molar-refractivity contribution in [1.29, 1.82) is 0 Å². The first kappa shape index (κ1) is 26.2. The molecule has 0 aromatic heterocycles. The Hall–Kier alpha value is -3.83. The normalized spacial score (nSPS) is 18.6. The molecule has 2 aliphatic heterocycles. The minimum atomic E-state index is -1.05. The van der Waals surface area contributed by atoms with Crippen LogP contribution in [0.4, 0.5) is 5.69 Å². The molecule has 2 aromatic rings. The van der Waals surface area contributed by atoms with E-state index in [0.717, 1.165) is 5.56 Å². The van der Waals surface area contributed by atoms with Crippen molar-refractivity contribution >= 4 is 23.4 Å². The van der Waals surface area contributed by atoms with Crippen molar-refractivity contribution in [3.63, 3.8) is 0 Å². The smallest absolute Gasteiger partial charge is 0.270 e. The molecule has 0 aliphatic carbocycles. The van der Waals surface area contributed by atoms with Crippen LogP contribution in [0.2, 0.25) is 0 Å². The lowest BCUT2D eigenvalue weighted by atomic mass is 9.95. The number of aryl methyl sites for hydroxylation is 1. The van der Waals surface area contributed by atoms with Crippen LogP contribution in [0.1, 0.15) is 39.1 Å². The van der Waals surface area contributed by atoms with Crippen molar-refractivity contribution < 1.29 is 28.8 Å². The molecule has 2 aromatic carbocycles. The summed E-state index contributed by atoms with van der Waals surface area (Å²) >= 11 is 0. The number of carbonyl (C=O) groups is 3. The fourth-order valence-corrected chi connectivity index (χ4v) is 4.90. The van der Waals surface area contributed by atoms with E-state index < -0.39 is 16.7 Å². The maximum Gasteiger partial charge on any atom is 0.270 e. The van der Waals surface area contributed by atoms with E-state index in [1.807, 2.05) is 19.1 Å². The number of nitro benzene ring substituents is 1. The number of methoxy groups -OCH3 is 1. The summed E-state index contributed by atoms with van der Waals surface area (Å²) < 4.78 is 11.2. The highest BCUT2D eigenvalue weighted by Crippen LogP contribution is 2.39. The summed E-state index contributed by atoms with van der Waals surface area (Å²) in [6, 6.07) is 12.0. The summed E-state index contributed by atoms with van der Waals surface area (Å²) in [5, 5.41) is 13.9. The summed E-state index contributed by atoms with van der Waals surface area (Å²) in [6.07, 6.45) is 0.597. The second kappa shape index (κ2) is 11.1. The van der Waals surface area contributed by atoms with Crippen molar-refractivity contribution in [3.8, 4) is 0 Å². The van der Waals surface area contributed by atoms with E-state index in [0.29, 0.717) is 31.6 Å². The zero-order valence-corrected chi connectivity index (χ0v) is 20.8. The largest absolute Gasteiger partial charge is 0.383 e. The van der Waals surface area contributed by atoms with Gasteiger partial charge in [0.05, 0.1) is 18.1 Å². The number of hydrogen-bond donors (Lipinski definition) is 1. The monoisotopic (exact) mass is 510 g/mol. The van der Waals surface area contributed by atoms with Gasteiger partial charge in [0.15, 0.2) is 0 Å². The molecule has 11 nitrogen and oxygen atoms in total. The van der Waals surface area contributed by atoms with Gasteiger partial charge in [-0.05, 0) is 24.6 Å². The highest BCUT2D eigenvalue weighted by Gasteiger charge is 2.54. The zero-order valence-electron chi connectivity index (χ0n) is 20.8. The molecule has 3 amide bonds. The predicted molar refractivity (Wildman–Crippen MR) is 133 cm³/mol. The molecule has 0 saturated carbocycles. The van der Waals surface area contributed by atoms with E-state index >= 15 is 0 Å². The minimum Gasteiger partial charge on any atom is -0.383 e. The Labute approximate surface area is 214 Å². The number of piperidine rings is 1. The topological polar surface area (TPSA) is 131 Å². The fraction of sp³-hybridized carbons (Fsp3) is 0.423. The molecule has 2 aliphatic rings. The molecular formula is C26H30N4O7. The second-order valence-electron chi connectivity index (χ2n) is 9.15.